The number of rotatable bonds is 5. The summed E-state index contributed by atoms with van der Waals surface area (Å²) in [4.78, 5) is 11.5. The summed E-state index contributed by atoms with van der Waals surface area (Å²) in [5, 5.41) is 0.644. The van der Waals surface area contributed by atoms with Gasteiger partial charge >= 0.3 is 5.97 Å². The molecule has 0 aliphatic carbocycles. The van der Waals surface area contributed by atoms with Crippen LogP contribution in [0.4, 0.5) is 5.69 Å². The molecule has 0 atom stereocenters. The summed E-state index contributed by atoms with van der Waals surface area (Å²) in [6.07, 6.45) is 0. The monoisotopic (exact) mass is 291 g/mol. The summed E-state index contributed by atoms with van der Waals surface area (Å²) >= 11 is 5.77. The lowest BCUT2D eigenvalue weighted by molar-refractivity contribution is -0.147. The molecule has 0 aliphatic heterocycles. The van der Waals surface area contributed by atoms with Crippen molar-refractivity contribution < 1.29 is 14.3 Å². The van der Waals surface area contributed by atoms with E-state index in [0.29, 0.717) is 16.5 Å². The van der Waals surface area contributed by atoms with Gasteiger partial charge in [-0.1, -0.05) is 29.8 Å². The second-order valence-corrected chi connectivity index (χ2v) is 4.58. The van der Waals surface area contributed by atoms with Gasteiger partial charge in [0.1, 0.15) is 12.4 Å². The third-order valence-corrected chi connectivity index (χ3v) is 2.78. The maximum absolute atomic E-state index is 11.5. The first-order valence-electron chi connectivity index (χ1n) is 6.02. The maximum atomic E-state index is 11.5. The highest BCUT2D eigenvalue weighted by molar-refractivity contribution is 6.30. The second kappa shape index (κ2) is 6.82. The van der Waals surface area contributed by atoms with Gasteiger partial charge in [-0.25, -0.2) is 4.79 Å². The Morgan fingerprint density at radius 2 is 1.90 bits per heavy atom. The van der Waals surface area contributed by atoms with Crippen molar-refractivity contribution in [3.8, 4) is 5.75 Å². The molecule has 2 rings (SSSR count). The third-order valence-electron chi connectivity index (χ3n) is 2.53. The van der Waals surface area contributed by atoms with Crippen molar-refractivity contribution in [3.63, 3.8) is 0 Å². The predicted octanol–water partition coefficient (Wildman–Crippen LogP) is 3.04. The minimum atomic E-state index is -0.442. The number of nitrogens with two attached hydrogens (primary N) is 1. The first-order valence-corrected chi connectivity index (χ1v) is 6.40. The highest BCUT2D eigenvalue weighted by atomic mass is 35.5. The predicted molar refractivity (Wildman–Crippen MR) is 77.6 cm³/mol. The normalized spacial score (nSPS) is 10.1. The van der Waals surface area contributed by atoms with Crippen LogP contribution in [0.3, 0.4) is 0 Å². The standard InChI is InChI=1S/C15H14ClNO3/c16-12-6-4-11(5-7-12)9-20-15(18)10-19-14-3-1-2-13(17)8-14/h1-8H,9-10,17H2. The molecular formula is C15H14ClNO3. The van der Waals surface area contributed by atoms with E-state index in [2.05, 4.69) is 0 Å². The number of anilines is 1. The number of ether oxygens (including phenoxy) is 2. The smallest absolute Gasteiger partial charge is 0.344 e. The molecule has 0 aliphatic rings. The highest BCUT2D eigenvalue weighted by Crippen LogP contribution is 2.14. The fourth-order valence-electron chi connectivity index (χ4n) is 1.53. The van der Waals surface area contributed by atoms with E-state index in [9.17, 15) is 4.79 Å². The lowest BCUT2D eigenvalue weighted by atomic mass is 10.2. The van der Waals surface area contributed by atoms with Crippen molar-refractivity contribution in [1.29, 1.82) is 0 Å². The van der Waals surface area contributed by atoms with Crippen LogP contribution >= 0.6 is 11.6 Å². The zero-order chi connectivity index (χ0) is 14.4. The summed E-state index contributed by atoms with van der Waals surface area (Å²) in [7, 11) is 0. The summed E-state index contributed by atoms with van der Waals surface area (Å²) in [6.45, 7) is 0.0351. The van der Waals surface area contributed by atoms with E-state index >= 15 is 0 Å². The molecule has 2 N–H and O–H groups in total. The van der Waals surface area contributed by atoms with Gasteiger partial charge in [0.2, 0.25) is 0 Å². The van der Waals surface area contributed by atoms with Crippen LogP contribution in [-0.2, 0) is 16.1 Å². The topological polar surface area (TPSA) is 61.5 Å². The van der Waals surface area contributed by atoms with Crippen molar-refractivity contribution in [2.75, 3.05) is 12.3 Å². The zero-order valence-electron chi connectivity index (χ0n) is 10.7. The van der Waals surface area contributed by atoms with E-state index in [0.717, 1.165) is 5.56 Å². The number of hydrogen-bond acceptors (Lipinski definition) is 4. The molecule has 2 aromatic carbocycles. The van der Waals surface area contributed by atoms with E-state index in [1.54, 1.807) is 48.5 Å². The fourth-order valence-corrected chi connectivity index (χ4v) is 1.66. The molecule has 0 saturated carbocycles. The first kappa shape index (κ1) is 14.2. The van der Waals surface area contributed by atoms with Crippen LogP contribution in [0, 0.1) is 0 Å². The molecule has 20 heavy (non-hydrogen) atoms. The number of esters is 1. The molecule has 0 heterocycles. The number of halogens is 1. The Labute approximate surface area is 122 Å². The lowest BCUT2D eigenvalue weighted by Gasteiger charge is -2.07. The Morgan fingerprint density at radius 1 is 1.15 bits per heavy atom. The summed E-state index contributed by atoms with van der Waals surface area (Å²) < 4.78 is 10.4. The van der Waals surface area contributed by atoms with Crippen LogP contribution in [0.25, 0.3) is 0 Å². The van der Waals surface area contributed by atoms with E-state index in [1.807, 2.05) is 0 Å². The lowest BCUT2D eigenvalue weighted by Crippen LogP contribution is -2.14. The first-order chi connectivity index (χ1) is 9.63. The Hall–Kier alpha value is -2.20. The van der Waals surface area contributed by atoms with Crippen LogP contribution < -0.4 is 10.5 Å². The van der Waals surface area contributed by atoms with Crippen LogP contribution in [-0.4, -0.2) is 12.6 Å². The number of hydrogen-bond donors (Lipinski definition) is 1. The van der Waals surface area contributed by atoms with E-state index in [-0.39, 0.29) is 13.2 Å². The van der Waals surface area contributed by atoms with Crippen LogP contribution in [0.15, 0.2) is 48.5 Å². The van der Waals surface area contributed by atoms with Crippen molar-refractivity contribution in [3.05, 3.63) is 59.1 Å². The molecule has 4 nitrogen and oxygen atoms in total. The van der Waals surface area contributed by atoms with Gasteiger partial charge in [-0.15, -0.1) is 0 Å². The average Bonchev–Trinajstić information content (AvgIpc) is 2.45. The molecule has 5 heteroatoms. The largest absolute Gasteiger partial charge is 0.482 e. The quantitative estimate of drug-likeness (QED) is 0.679. The molecule has 0 saturated heterocycles. The SMILES string of the molecule is Nc1cccc(OCC(=O)OCc2ccc(Cl)cc2)c1. The Bertz CT molecular complexity index is 584. The number of nitrogen functional groups attached to an aromatic ring is 1. The average molecular weight is 292 g/mol. The number of carbonyl (C=O) groups excluding carboxylic acids is 1. The fraction of sp³-hybridized carbons (Fsp3) is 0.133. The van der Waals surface area contributed by atoms with E-state index < -0.39 is 5.97 Å². The molecule has 0 bridgehead atoms. The van der Waals surface area contributed by atoms with E-state index in [1.165, 1.54) is 0 Å². The highest BCUT2D eigenvalue weighted by Gasteiger charge is 2.05. The van der Waals surface area contributed by atoms with Crippen LogP contribution in [0.5, 0.6) is 5.75 Å². The van der Waals surface area contributed by atoms with Gasteiger partial charge in [0, 0.05) is 16.8 Å². The van der Waals surface area contributed by atoms with E-state index in [4.69, 9.17) is 26.8 Å². The molecule has 0 fully saturated rings. The zero-order valence-corrected chi connectivity index (χ0v) is 11.5. The Morgan fingerprint density at radius 3 is 2.60 bits per heavy atom. The number of benzene rings is 2. The molecule has 2 aromatic rings. The van der Waals surface area contributed by atoms with Crippen molar-refractivity contribution >= 4 is 23.3 Å². The van der Waals surface area contributed by atoms with Crippen molar-refractivity contribution in [2.45, 2.75) is 6.61 Å². The third kappa shape index (κ3) is 4.48. The minimum Gasteiger partial charge on any atom is -0.482 e. The van der Waals surface area contributed by atoms with Crippen molar-refractivity contribution in [2.24, 2.45) is 0 Å². The van der Waals surface area contributed by atoms with Crippen LogP contribution in [0.2, 0.25) is 5.02 Å². The van der Waals surface area contributed by atoms with Gasteiger partial charge in [-0.2, -0.15) is 0 Å². The van der Waals surface area contributed by atoms with Gasteiger partial charge < -0.3 is 15.2 Å². The molecule has 0 amide bonds. The van der Waals surface area contributed by atoms with Gasteiger partial charge in [-0.05, 0) is 29.8 Å². The Kier molecular flexibility index (Phi) is 4.85. The number of carbonyl (C=O) groups is 1. The second-order valence-electron chi connectivity index (χ2n) is 4.15. The molecule has 0 unspecified atom stereocenters. The van der Waals surface area contributed by atoms with Gasteiger partial charge in [-0.3, -0.25) is 0 Å². The van der Waals surface area contributed by atoms with Gasteiger partial charge in [0.05, 0.1) is 0 Å². The summed E-state index contributed by atoms with van der Waals surface area (Å²) in [5.41, 5.74) is 7.05. The summed E-state index contributed by atoms with van der Waals surface area (Å²) in [6, 6.07) is 14.0. The molecular weight excluding hydrogens is 278 g/mol. The Balaban J connectivity index is 1.77. The van der Waals surface area contributed by atoms with Crippen LogP contribution in [0.1, 0.15) is 5.56 Å². The summed E-state index contributed by atoms with van der Waals surface area (Å²) in [5.74, 6) is 0.0933. The molecule has 0 spiro atoms. The molecule has 0 radical (unpaired) electrons. The molecule has 0 aromatic heterocycles. The molecule has 104 valence electrons. The van der Waals surface area contributed by atoms with Gasteiger partial charge in [0.25, 0.3) is 0 Å². The van der Waals surface area contributed by atoms with Gasteiger partial charge in [0.15, 0.2) is 6.61 Å². The van der Waals surface area contributed by atoms with Crippen molar-refractivity contribution in [1.82, 2.24) is 0 Å². The maximum Gasteiger partial charge on any atom is 0.344 e. The minimum absolute atomic E-state index is 0.156.